The second kappa shape index (κ2) is 9.26. The number of piperazine rings is 1. The number of aliphatic imine (C=N–C) groups is 1. The van der Waals surface area contributed by atoms with Crippen LogP contribution in [0.1, 0.15) is 15.4 Å². The highest BCUT2D eigenvalue weighted by molar-refractivity contribution is 7.11. The number of hydrogen-bond donors (Lipinski definition) is 2. The monoisotopic (exact) mass is 388 g/mol. The number of thiazole rings is 1. The van der Waals surface area contributed by atoms with Crippen molar-refractivity contribution in [3.8, 4) is 0 Å². The zero-order valence-corrected chi connectivity index (χ0v) is 16.4. The van der Waals surface area contributed by atoms with E-state index in [2.05, 4.69) is 40.4 Å². The number of anilines is 1. The minimum atomic E-state index is -0.0803. The molecule has 9 nitrogen and oxygen atoms in total. The van der Waals surface area contributed by atoms with Gasteiger partial charge in [-0.15, -0.1) is 11.3 Å². The van der Waals surface area contributed by atoms with Crippen molar-refractivity contribution in [3.05, 3.63) is 34.5 Å². The smallest absolute Gasteiger partial charge is 0.263 e. The molecule has 10 heteroatoms. The van der Waals surface area contributed by atoms with Gasteiger partial charge < -0.3 is 20.4 Å². The predicted molar refractivity (Wildman–Crippen MR) is 106 cm³/mol. The van der Waals surface area contributed by atoms with Gasteiger partial charge >= 0.3 is 0 Å². The summed E-state index contributed by atoms with van der Waals surface area (Å²) in [4.78, 5) is 34.2. The van der Waals surface area contributed by atoms with Crippen LogP contribution in [-0.4, -0.2) is 78.0 Å². The standard InChI is InChI=1S/C17H24N8OS/c1-13-14(27-12-23-13)15(26)19-6-7-22-16(18-2)24-8-10-25(11-9-24)17-20-4-3-5-21-17/h3-5,12H,6-11H2,1-2H3,(H,18,22)(H,19,26). The van der Waals surface area contributed by atoms with Gasteiger partial charge in [-0.2, -0.15) is 0 Å². The zero-order chi connectivity index (χ0) is 19.1. The fourth-order valence-electron chi connectivity index (χ4n) is 2.86. The van der Waals surface area contributed by atoms with Crippen molar-refractivity contribution in [2.75, 3.05) is 51.2 Å². The lowest BCUT2D eigenvalue weighted by atomic mass is 10.3. The van der Waals surface area contributed by atoms with E-state index in [9.17, 15) is 4.79 Å². The van der Waals surface area contributed by atoms with Gasteiger partial charge in [-0.25, -0.2) is 15.0 Å². The van der Waals surface area contributed by atoms with Crippen LogP contribution in [0.2, 0.25) is 0 Å². The molecule has 2 aromatic heterocycles. The van der Waals surface area contributed by atoms with Crippen LogP contribution in [-0.2, 0) is 0 Å². The molecular formula is C17H24N8OS. The van der Waals surface area contributed by atoms with Crippen molar-refractivity contribution in [1.29, 1.82) is 0 Å². The average molecular weight is 389 g/mol. The molecule has 0 aromatic carbocycles. The van der Waals surface area contributed by atoms with Gasteiger partial charge in [0.1, 0.15) is 4.88 Å². The first kappa shape index (κ1) is 19.0. The van der Waals surface area contributed by atoms with E-state index >= 15 is 0 Å². The van der Waals surface area contributed by atoms with E-state index < -0.39 is 0 Å². The molecule has 1 amide bonds. The van der Waals surface area contributed by atoms with Crippen LogP contribution in [0.5, 0.6) is 0 Å². The molecule has 2 N–H and O–H groups in total. The fraction of sp³-hybridized carbons (Fsp3) is 0.471. The molecule has 1 saturated heterocycles. The Bertz CT molecular complexity index is 770. The second-order valence-electron chi connectivity index (χ2n) is 6.02. The molecule has 1 aliphatic rings. The maximum Gasteiger partial charge on any atom is 0.263 e. The van der Waals surface area contributed by atoms with Crippen molar-refractivity contribution >= 4 is 29.2 Å². The molecule has 144 valence electrons. The third kappa shape index (κ3) is 4.91. The Morgan fingerprint density at radius 3 is 2.48 bits per heavy atom. The molecule has 0 bridgehead atoms. The van der Waals surface area contributed by atoms with Crippen LogP contribution in [0.4, 0.5) is 5.95 Å². The van der Waals surface area contributed by atoms with E-state index in [1.807, 2.05) is 13.0 Å². The van der Waals surface area contributed by atoms with Crippen molar-refractivity contribution in [3.63, 3.8) is 0 Å². The Morgan fingerprint density at radius 2 is 1.85 bits per heavy atom. The van der Waals surface area contributed by atoms with Gasteiger partial charge in [0.25, 0.3) is 5.91 Å². The Balaban J connectivity index is 1.41. The molecule has 3 rings (SSSR count). The number of aryl methyl sites for hydroxylation is 1. The first-order chi connectivity index (χ1) is 13.2. The number of guanidine groups is 1. The van der Waals surface area contributed by atoms with Gasteiger partial charge in [0, 0.05) is 58.7 Å². The number of nitrogens with zero attached hydrogens (tertiary/aromatic N) is 6. The molecule has 0 atom stereocenters. The minimum absolute atomic E-state index is 0.0803. The summed E-state index contributed by atoms with van der Waals surface area (Å²) < 4.78 is 0. The average Bonchev–Trinajstić information content (AvgIpc) is 3.15. The summed E-state index contributed by atoms with van der Waals surface area (Å²) in [6, 6.07) is 1.82. The number of nitrogens with one attached hydrogen (secondary N) is 2. The van der Waals surface area contributed by atoms with Gasteiger partial charge in [-0.3, -0.25) is 9.79 Å². The topological polar surface area (TPSA) is 98.6 Å². The summed E-state index contributed by atoms with van der Waals surface area (Å²) in [5.41, 5.74) is 2.45. The first-order valence-corrected chi connectivity index (χ1v) is 9.73. The van der Waals surface area contributed by atoms with E-state index in [0.717, 1.165) is 43.8 Å². The molecule has 2 aromatic rings. The Labute approximate surface area is 162 Å². The third-order valence-corrected chi connectivity index (χ3v) is 5.20. The summed E-state index contributed by atoms with van der Waals surface area (Å²) in [5, 5.41) is 6.22. The molecule has 0 aliphatic carbocycles. The van der Waals surface area contributed by atoms with E-state index in [-0.39, 0.29) is 5.91 Å². The highest BCUT2D eigenvalue weighted by Gasteiger charge is 2.21. The van der Waals surface area contributed by atoms with Crippen molar-refractivity contribution < 1.29 is 4.79 Å². The largest absolute Gasteiger partial charge is 0.354 e. The van der Waals surface area contributed by atoms with Crippen LogP contribution in [0.25, 0.3) is 0 Å². The van der Waals surface area contributed by atoms with Gasteiger partial charge in [0.15, 0.2) is 5.96 Å². The number of rotatable bonds is 5. The van der Waals surface area contributed by atoms with Crippen molar-refractivity contribution in [1.82, 2.24) is 30.5 Å². The summed E-state index contributed by atoms with van der Waals surface area (Å²) in [5.74, 6) is 1.52. The van der Waals surface area contributed by atoms with Crippen LogP contribution in [0.3, 0.4) is 0 Å². The van der Waals surface area contributed by atoms with E-state index in [1.165, 1.54) is 11.3 Å². The van der Waals surface area contributed by atoms with E-state index in [1.54, 1.807) is 25.0 Å². The lowest BCUT2D eigenvalue weighted by Crippen LogP contribution is -2.53. The lowest BCUT2D eigenvalue weighted by Gasteiger charge is -2.36. The molecule has 0 saturated carbocycles. The number of carbonyl (C=O) groups excluding carboxylic acids is 1. The third-order valence-electron chi connectivity index (χ3n) is 4.27. The first-order valence-electron chi connectivity index (χ1n) is 8.85. The van der Waals surface area contributed by atoms with Crippen LogP contribution in [0, 0.1) is 6.92 Å². The quantitative estimate of drug-likeness (QED) is 0.434. The Hall–Kier alpha value is -2.75. The Kier molecular flexibility index (Phi) is 6.53. The van der Waals surface area contributed by atoms with Crippen molar-refractivity contribution in [2.24, 2.45) is 4.99 Å². The second-order valence-corrected chi connectivity index (χ2v) is 6.87. The van der Waals surface area contributed by atoms with Gasteiger partial charge in [0.2, 0.25) is 5.95 Å². The normalized spacial score (nSPS) is 15.0. The SMILES string of the molecule is CN=C(NCCNC(=O)c1scnc1C)N1CCN(c2ncccn2)CC1. The molecule has 0 radical (unpaired) electrons. The highest BCUT2D eigenvalue weighted by Crippen LogP contribution is 2.11. The molecule has 3 heterocycles. The van der Waals surface area contributed by atoms with Gasteiger partial charge in [0.05, 0.1) is 11.2 Å². The van der Waals surface area contributed by atoms with Gasteiger partial charge in [-0.1, -0.05) is 0 Å². The Morgan fingerprint density at radius 1 is 1.15 bits per heavy atom. The predicted octanol–water partition coefficient (Wildman–Crippen LogP) is 0.369. The van der Waals surface area contributed by atoms with E-state index in [4.69, 9.17) is 0 Å². The molecule has 0 unspecified atom stereocenters. The summed E-state index contributed by atoms with van der Waals surface area (Å²) >= 11 is 1.36. The summed E-state index contributed by atoms with van der Waals surface area (Å²) in [7, 11) is 1.77. The number of carbonyl (C=O) groups is 1. The molecular weight excluding hydrogens is 364 g/mol. The van der Waals surface area contributed by atoms with Gasteiger partial charge in [-0.05, 0) is 13.0 Å². The zero-order valence-electron chi connectivity index (χ0n) is 15.6. The molecule has 1 fully saturated rings. The molecule has 1 aliphatic heterocycles. The maximum absolute atomic E-state index is 12.1. The minimum Gasteiger partial charge on any atom is -0.354 e. The molecule has 27 heavy (non-hydrogen) atoms. The molecule has 0 spiro atoms. The number of amides is 1. The van der Waals surface area contributed by atoms with Crippen LogP contribution >= 0.6 is 11.3 Å². The van der Waals surface area contributed by atoms with Crippen LogP contribution < -0.4 is 15.5 Å². The highest BCUT2D eigenvalue weighted by atomic mass is 32.1. The number of hydrogen-bond acceptors (Lipinski definition) is 7. The van der Waals surface area contributed by atoms with Crippen LogP contribution in [0.15, 0.2) is 29.0 Å². The summed E-state index contributed by atoms with van der Waals surface area (Å²) in [6.45, 7) is 6.32. The maximum atomic E-state index is 12.1. The van der Waals surface area contributed by atoms with Crippen molar-refractivity contribution in [2.45, 2.75) is 6.92 Å². The van der Waals surface area contributed by atoms with E-state index in [0.29, 0.717) is 18.0 Å². The number of aromatic nitrogens is 3. The summed E-state index contributed by atoms with van der Waals surface area (Å²) in [6.07, 6.45) is 3.52. The lowest BCUT2D eigenvalue weighted by molar-refractivity contribution is 0.0957. The fourth-order valence-corrected chi connectivity index (χ4v) is 3.57.